The molecule has 0 unspecified atom stereocenters. The molecule has 108 valence electrons. The van der Waals surface area contributed by atoms with Gasteiger partial charge in [0.1, 0.15) is 0 Å². The van der Waals surface area contributed by atoms with Crippen molar-refractivity contribution in [2.24, 2.45) is 0 Å². The van der Waals surface area contributed by atoms with E-state index in [1.54, 1.807) is 12.1 Å². The minimum atomic E-state index is -0.271. The Bertz CT molecular complexity index is 515. The van der Waals surface area contributed by atoms with Crippen LogP contribution >= 0.6 is 11.6 Å². The lowest BCUT2D eigenvalue weighted by Crippen LogP contribution is -2.28. The highest BCUT2D eigenvalue weighted by atomic mass is 35.5. The van der Waals surface area contributed by atoms with Crippen molar-refractivity contribution < 1.29 is 9.59 Å². The zero-order valence-corrected chi connectivity index (χ0v) is 11.9. The van der Waals surface area contributed by atoms with Crippen LogP contribution in [-0.2, 0) is 4.79 Å². The molecule has 1 aliphatic rings. The molecule has 2 rings (SSSR count). The molecule has 1 aliphatic carbocycles. The van der Waals surface area contributed by atoms with Gasteiger partial charge in [0.2, 0.25) is 5.91 Å². The van der Waals surface area contributed by atoms with Crippen LogP contribution in [0.1, 0.15) is 36.0 Å². The van der Waals surface area contributed by atoms with Crippen LogP contribution in [0.2, 0.25) is 5.02 Å². The van der Waals surface area contributed by atoms with Gasteiger partial charge in [-0.3, -0.25) is 9.59 Å². The third kappa shape index (κ3) is 4.42. The van der Waals surface area contributed by atoms with Crippen LogP contribution in [0.4, 0.5) is 5.69 Å². The van der Waals surface area contributed by atoms with E-state index < -0.39 is 0 Å². The van der Waals surface area contributed by atoms with E-state index >= 15 is 0 Å². The van der Waals surface area contributed by atoms with Gasteiger partial charge in [0.05, 0.1) is 5.56 Å². The van der Waals surface area contributed by atoms with Gasteiger partial charge in [0.15, 0.2) is 0 Å². The van der Waals surface area contributed by atoms with Gasteiger partial charge in [-0.25, -0.2) is 0 Å². The van der Waals surface area contributed by atoms with Gasteiger partial charge in [0.25, 0.3) is 5.91 Å². The number of amides is 2. The van der Waals surface area contributed by atoms with Crippen molar-refractivity contribution in [3.8, 4) is 0 Å². The summed E-state index contributed by atoms with van der Waals surface area (Å²) in [5, 5.41) is 6.10. The second-order valence-electron chi connectivity index (χ2n) is 4.93. The summed E-state index contributed by atoms with van der Waals surface area (Å²) in [6.07, 6.45) is 3.18. The van der Waals surface area contributed by atoms with Crippen LogP contribution in [0.25, 0.3) is 0 Å². The van der Waals surface area contributed by atoms with Gasteiger partial charge < -0.3 is 16.4 Å². The van der Waals surface area contributed by atoms with Gasteiger partial charge >= 0.3 is 0 Å². The van der Waals surface area contributed by atoms with Crippen molar-refractivity contribution in [1.29, 1.82) is 0 Å². The number of carbonyl (C=O) groups is 2. The second kappa shape index (κ2) is 6.61. The maximum absolute atomic E-state index is 11.9. The minimum absolute atomic E-state index is 0.0454. The quantitative estimate of drug-likeness (QED) is 0.552. The maximum Gasteiger partial charge on any atom is 0.253 e. The predicted octanol–water partition coefficient (Wildman–Crippen LogP) is 1.71. The fourth-order valence-electron chi connectivity index (χ4n) is 1.80. The molecule has 1 aromatic carbocycles. The number of hydrogen-bond acceptors (Lipinski definition) is 3. The van der Waals surface area contributed by atoms with Crippen LogP contribution in [0, 0.1) is 0 Å². The highest BCUT2D eigenvalue weighted by Crippen LogP contribution is 2.19. The van der Waals surface area contributed by atoms with Gasteiger partial charge in [-0.2, -0.15) is 0 Å². The summed E-state index contributed by atoms with van der Waals surface area (Å²) < 4.78 is 0. The average molecular weight is 296 g/mol. The first kappa shape index (κ1) is 14.7. The number of rotatable bonds is 6. The maximum atomic E-state index is 11.9. The monoisotopic (exact) mass is 295 g/mol. The number of nitrogen functional groups attached to an aromatic ring is 1. The molecule has 0 radical (unpaired) electrons. The largest absolute Gasteiger partial charge is 0.398 e. The van der Waals surface area contributed by atoms with E-state index in [1.807, 2.05) is 0 Å². The Morgan fingerprint density at radius 3 is 2.80 bits per heavy atom. The first-order valence-corrected chi connectivity index (χ1v) is 7.06. The smallest absolute Gasteiger partial charge is 0.253 e. The summed E-state index contributed by atoms with van der Waals surface area (Å²) >= 11 is 5.83. The molecular formula is C14H18ClN3O2. The fraction of sp³-hybridized carbons (Fsp3) is 0.429. The normalized spacial score (nSPS) is 13.8. The molecule has 4 N–H and O–H groups in total. The third-order valence-corrected chi connectivity index (χ3v) is 3.30. The highest BCUT2D eigenvalue weighted by molar-refractivity contribution is 6.31. The molecule has 1 saturated carbocycles. The zero-order valence-electron chi connectivity index (χ0n) is 11.1. The molecular weight excluding hydrogens is 278 g/mol. The first-order chi connectivity index (χ1) is 9.56. The molecule has 5 nitrogen and oxygen atoms in total. The van der Waals surface area contributed by atoms with Crippen molar-refractivity contribution in [3.05, 3.63) is 28.8 Å². The van der Waals surface area contributed by atoms with Crippen molar-refractivity contribution >= 4 is 29.1 Å². The lowest BCUT2D eigenvalue weighted by Gasteiger charge is -2.08. The summed E-state index contributed by atoms with van der Waals surface area (Å²) in [5.74, 6) is -0.225. The van der Waals surface area contributed by atoms with Crippen LogP contribution in [0.5, 0.6) is 0 Å². The molecule has 0 saturated heterocycles. The van der Waals surface area contributed by atoms with E-state index in [0.29, 0.717) is 41.7 Å². The van der Waals surface area contributed by atoms with Gasteiger partial charge in [0, 0.05) is 29.7 Å². The molecule has 0 spiro atoms. The van der Waals surface area contributed by atoms with E-state index in [4.69, 9.17) is 17.3 Å². The van der Waals surface area contributed by atoms with Crippen LogP contribution < -0.4 is 16.4 Å². The van der Waals surface area contributed by atoms with E-state index in [-0.39, 0.29) is 11.8 Å². The minimum Gasteiger partial charge on any atom is -0.398 e. The molecule has 0 heterocycles. The third-order valence-electron chi connectivity index (χ3n) is 3.07. The lowest BCUT2D eigenvalue weighted by molar-refractivity contribution is -0.121. The molecule has 1 fully saturated rings. The predicted molar refractivity (Wildman–Crippen MR) is 78.6 cm³/mol. The molecule has 0 atom stereocenters. The van der Waals surface area contributed by atoms with Crippen LogP contribution in [0.15, 0.2) is 18.2 Å². The van der Waals surface area contributed by atoms with Gasteiger partial charge in [-0.05, 0) is 37.5 Å². The topological polar surface area (TPSA) is 84.2 Å². The number of benzene rings is 1. The summed E-state index contributed by atoms with van der Waals surface area (Å²) in [6.45, 7) is 0.433. The Morgan fingerprint density at radius 2 is 2.10 bits per heavy atom. The molecule has 0 bridgehead atoms. The fourth-order valence-corrected chi connectivity index (χ4v) is 1.97. The van der Waals surface area contributed by atoms with Crippen LogP contribution in [-0.4, -0.2) is 24.4 Å². The van der Waals surface area contributed by atoms with Crippen molar-refractivity contribution in [2.75, 3.05) is 12.3 Å². The van der Waals surface area contributed by atoms with E-state index in [1.165, 1.54) is 6.07 Å². The molecule has 6 heteroatoms. The summed E-state index contributed by atoms with van der Waals surface area (Å²) in [5.41, 5.74) is 6.47. The summed E-state index contributed by atoms with van der Waals surface area (Å²) in [7, 11) is 0. The van der Waals surface area contributed by atoms with Crippen molar-refractivity contribution in [2.45, 2.75) is 31.7 Å². The van der Waals surface area contributed by atoms with Gasteiger partial charge in [-0.1, -0.05) is 11.6 Å². The number of nitrogens with one attached hydrogen (secondary N) is 2. The number of anilines is 1. The van der Waals surface area contributed by atoms with E-state index in [9.17, 15) is 9.59 Å². The summed E-state index contributed by atoms with van der Waals surface area (Å²) in [4.78, 5) is 23.3. The molecule has 0 aliphatic heterocycles. The first-order valence-electron chi connectivity index (χ1n) is 6.69. The average Bonchev–Trinajstić information content (AvgIpc) is 3.21. The highest BCUT2D eigenvalue weighted by Gasteiger charge is 2.22. The van der Waals surface area contributed by atoms with E-state index in [0.717, 1.165) is 12.8 Å². The second-order valence-corrected chi connectivity index (χ2v) is 5.37. The standard InChI is InChI=1S/C14H18ClN3O2/c15-9-3-6-12(16)11(8-9)14(20)17-7-1-2-13(19)18-10-4-5-10/h3,6,8,10H,1-2,4-5,7,16H2,(H,17,20)(H,18,19). The van der Waals surface area contributed by atoms with Gasteiger partial charge in [-0.15, -0.1) is 0 Å². The molecule has 2 amide bonds. The van der Waals surface area contributed by atoms with Crippen molar-refractivity contribution in [1.82, 2.24) is 10.6 Å². The SMILES string of the molecule is Nc1ccc(Cl)cc1C(=O)NCCCC(=O)NC1CC1. The number of nitrogens with two attached hydrogens (primary N) is 1. The number of carbonyl (C=O) groups excluding carboxylic acids is 2. The van der Waals surface area contributed by atoms with Crippen LogP contribution in [0.3, 0.4) is 0 Å². The Kier molecular flexibility index (Phi) is 4.84. The Balaban J connectivity index is 1.71. The number of halogens is 1. The Morgan fingerprint density at radius 1 is 1.35 bits per heavy atom. The van der Waals surface area contributed by atoms with E-state index in [2.05, 4.69) is 10.6 Å². The van der Waals surface area contributed by atoms with Crippen molar-refractivity contribution in [3.63, 3.8) is 0 Å². The Hall–Kier alpha value is -1.75. The lowest BCUT2D eigenvalue weighted by atomic mass is 10.1. The molecule has 20 heavy (non-hydrogen) atoms. The molecule has 1 aromatic rings. The number of hydrogen-bond donors (Lipinski definition) is 3. The zero-order chi connectivity index (χ0) is 14.5. The Labute approximate surface area is 122 Å². The molecule has 0 aromatic heterocycles. The summed E-state index contributed by atoms with van der Waals surface area (Å²) in [6, 6.07) is 5.14.